The molecule has 1 N–H and O–H groups in total. The molecule has 0 bridgehead atoms. The van der Waals surface area contributed by atoms with Crippen LogP contribution < -0.4 is 4.74 Å². The first kappa shape index (κ1) is 13.8. The maximum atomic E-state index is 13.2. The smallest absolute Gasteiger partial charge is 0.128 e. The van der Waals surface area contributed by atoms with E-state index < -0.39 is 11.9 Å². The quantitative estimate of drug-likeness (QED) is 0.932. The standard InChI is InChI=1S/C14H13ClFNO2/c1-9(18)12-3-2-11(16)6-14(12)19-8-10-4-5-17-7-13(10)15/h2-7,9,18H,8H2,1H3. The number of halogens is 2. The van der Waals surface area contributed by atoms with Crippen molar-refractivity contribution in [2.24, 2.45) is 0 Å². The highest BCUT2D eigenvalue weighted by atomic mass is 35.5. The Hall–Kier alpha value is -1.65. The molecule has 0 saturated carbocycles. The van der Waals surface area contributed by atoms with Crippen LogP contribution in [0, 0.1) is 5.82 Å². The summed E-state index contributed by atoms with van der Waals surface area (Å²) in [4.78, 5) is 3.87. The van der Waals surface area contributed by atoms with Crippen LogP contribution in [0.15, 0.2) is 36.7 Å². The molecule has 0 spiro atoms. The van der Waals surface area contributed by atoms with Gasteiger partial charge >= 0.3 is 0 Å². The van der Waals surface area contributed by atoms with Crippen LogP contribution in [-0.4, -0.2) is 10.1 Å². The number of hydrogen-bond acceptors (Lipinski definition) is 3. The van der Waals surface area contributed by atoms with Gasteiger partial charge in [0.25, 0.3) is 0 Å². The average molecular weight is 282 g/mol. The maximum Gasteiger partial charge on any atom is 0.128 e. The molecule has 0 saturated heterocycles. The average Bonchev–Trinajstić information content (AvgIpc) is 2.37. The van der Waals surface area contributed by atoms with E-state index in [1.807, 2.05) is 0 Å². The molecule has 0 fully saturated rings. The summed E-state index contributed by atoms with van der Waals surface area (Å²) in [5.74, 6) is -0.108. The van der Waals surface area contributed by atoms with Crippen molar-refractivity contribution in [2.45, 2.75) is 19.6 Å². The van der Waals surface area contributed by atoms with Crippen LogP contribution in [0.5, 0.6) is 5.75 Å². The van der Waals surface area contributed by atoms with E-state index >= 15 is 0 Å². The Morgan fingerprint density at radius 1 is 1.42 bits per heavy atom. The van der Waals surface area contributed by atoms with Crippen molar-refractivity contribution in [1.82, 2.24) is 4.98 Å². The summed E-state index contributed by atoms with van der Waals surface area (Å²) >= 11 is 5.96. The van der Waals surface area contributed by atoms with E-state index in [0.717, 1.165) is 5.56 Å². The number of rotatable bonds is 4. The third-order valence-corrected chi connectivity index (χ3v) is 3.01. The van der Waals surface area contributed by atoms with Crippen LogP contribution in [-0.2, 0) is 6.61 Å². The number of aliphatic hydroxyl groups is 1. The van der Waals surface area contributed by atoms with Gasteiger partial charge in [0.1, 0.15) is 18.2 Å². The van der Waals surface area contributed by atoms with Gasteiger partial charge in [-0.25, -0.2) is 4.39 Å². The molecule has 1 atom stereocenters. The van der Waals surface area contributed by atoms with Crippen molar-refractivity contribution >= 4 is 11.6 Å². The molecule has 100 valence electrons. The number of ether oxygens (including phenoxy) is 1. The minimum atomic E-state index is -0.733. The van der Waals surface area contributed by atoms with Gasteiger partial charge < -0.3 is 9.84 Å². The lowest BCUT2D eigenvalue weighted by molar-refractivity contribution is 0.190. The van der Waals surface area contributed by atoms with Gasteiger partial charge in [-0.2, -0.15) is 0 Å². The minimum absolute atomic E-state index is 0.185. The molecule has 0 aliphatic rings. The number of nitrogens with zero attached hydrogens (tertiary/aromatic N) is 1. The molecule has 5 heteroatoms. The van der Waals surface area contributed by atoms with Crippen molar-refractivity contribution in [3.05, 3.63) is 58.6 Å². The normalized spacial score (nSPS) is 12.2. The van der Waals surface area contributed by atoms with Gasteiger partial charge in [0.15, 0.2) is 0 Å². The highest BCUT2D eigenvalue weighted by Gasteiger charge is 2.11. The topological polar surface area (TPSA) is 42.4 Å². The zero-order valence-corrected chi connectivity index (χ0v) is 11.1. The fraction of sp³-hybridized carbons (Fsp3) is 0.214. The molecule has 0 amide bonds. The Balaban J connectivity index is 2.19. The largest absolute Gasteiger partial charge is 0.488 e. The lowest BCUT2D eigenvalue weighted by Gasteiger charge is -2.14. The number of benzene rings is 1. The second kappa shape index (κ2) is 5.99. The lowest BCUT2D eigenvalue weighted by atomic mass is 10.1. The first-order valence-electron chi connectivity index (χ1n) is 5.76. The van der Waals surface area contributed by atoms with Crippen molar-refractivity contribution in [2.75, 3.05) is 0 Å². The van der Waals surface area contributed by atoms with Gasteiger partial charge in [-0.15, -0.1) is 0 Å². The molecule has 0 radical (unpaired) electrons. The Morgan fingerprint density at radius 3 is 2.89 bits per heavy atom. The number of pyridine rings is 1. The molecule has 2 rings (SSSR count). The van der Waals surface area contributed by atoms with Crippen molar-refractivity contribution < 1.29 is 14.2 Å². The van der Waals surface area contributed by atoms with Crippen LogP contribution in [0.1, 0.15) is 24.2 Å². The monoisotopic (exact) mass is 281 g/mol. The molecule has 19 heavy (non-hydrogen) atoms. The van der Waals surface area contributed by atoms with Crippen molar-refractivity contribution in [3.63, 3.8) is 0 Å². The number of hydrogen-bond donors (Lipinski definition) is 1. The molecule has 1 aromatic carbocycles. The summed E-state index contributed by atoms with van der Waals surface area (Å²) in [5, 5.41) is 10.1. The van der Waals surface area contributed by atoms with Crippen LogP contribution in [0.3, 0.4) is 0 Å². The highest BCUT2D eigenvalue weighted by Crippen LogP contribution is 2.27. The van der Waals surface area contributed by atoms with Gasteiger partial charge in [0.05, 0.1) is 11.1 Å². The lowest BCUT2D eigenvalue weighted by Crippen LogP contribution is -2.02. The predicted molar refractivity (Wildman–Crippen MR) is 70.6 cm³/mol. The molecule has 2 aromatic rings. The van der Waals surface area contributed by atoms with Crippen LogP contribution in [0.25, 0.3) is 0 Å². The maximum absolute atomic E-state index is 13.2. The third-order valence-electron chi connectivity index (χ3n) is 2.67. The Kier molecular flexibility index (Phi) is 4.35. The first-order valence-corrected chi connectivity index (χ1v) is 6.14. The van der Waals surface area contributed by atoms with Gasteiger partial charge in [-0.05, 0) is 25.1 Å². The van der Waals surface area contributed by atoms with E-state index in [1.165, 1.54) is 24.4 Å². The molecule has 3 nitrogen and oxygen atoms in total. The SMILES string of the molecule is CC(O)c1ccc(F)cc1OCc1ccncc1Cl. The van der Waals surface area contributed by atoms with E-state index in [4.69, 9.17) is 16.3 Å². The highest BCUT2D eigenvalue weighted by molar-refractivity contribution is 6.31. The third kappa shape index (κ3) is 3.43. The summed E-state index contributed by atoms with van der Waals surface area (Å²) in [7, 11) is 0. The molecule has 1 unspecified atom stereocenters. The number of aromatic nitrogens is 1. The summed E-state index contributed by atoms with van der Waals surface area (Å²) in [6.07, 6.45) is 2.39. The summed E-state index contributed by atoms with van der Waals surface area (Å²) in [6.45, 7) is 1.78. The van der Waals surface area contributed by atoms with Gasteiger partial charge in [-0.1, -0.05) is 11.6 Å². The zero-order chi connectivity index (χ0) is 13.8. The Bertz CT molecular complexity index is 575. The van der Waals surface area contributed by atoms with E-state index in [0.29, 0.717) is 16.3 Å². The molecular weight excluding hydrogens is 269 g/mol. The van der Waals surface area contributed by atoms with Crippen molar-refractivity contribution in [1.29, 1.82) is 0 Å². The summed E-state index contributed by atoms with van der Waals surface area (Å²) < 4.78 is 18.8. The van der Waals surface area contributed by atoms with E-state index in [2.05, 4.69) is 4.98 Å². The second-order valence-corrected chi connectivity index (χ2v) is 4.52. The first-order chi connectivity index (χ1) is 9.08. The van der Waals surface area contributed by atoms with Crippen molar-refractivity contribution in [3.8, 4) is 5.75 Å². The van der Waals surface area contributed by atoms with E-state index in [1.54, 1.807) is 19.2 Å². The van der Waals surface area contributed by atoms with Gasteiger partial charge in [0.2, 0.25) is 0 Å². The molecule has 1 heterocycles. The van der Waals surface area contributed by atoms with Gasteiger partial charge in [-0.3, -0.25) is 4.98 Å². The Morgan fingerprint density at radius 2 is 2.21 bits per heavy atom. The van der Waals surface area contributed by atoms with Crippen LogP contribution in [0.4, 0.5) is 4.39 Å². The fourth-order valence-electron chi connectivity index (χ4n) is 1.65. The second-order valence-electron chi connectivity index (χ2n) is 4.11. The summed E-state index contributed by atoms with van der Waals surface area (Å²) in [6, 6.07) is 5.76. The fourth-order valence-corrected chi connectivity index (χ4v) is 1.83. The Labute approximate surface area is 115 Å². The van der Waals surface area contributed by atoms with E-state index in [9.17, 15) is 9.50 Å². The van der Waals surface area contributed by atoms with Crippen LogP contribution >= 0.6 is 11.6 Å². The molecule has 1 aromatic heterocycles. The molecule has 0 aliphatic heterocycles. The molecule has 0 aliphatic carbocycles. The minimum Gasteiger partial charge on any atom is -0.488 e. The van der Waals surface area contributed by atoms with Gasteiger partial charge in [0, 0.05) is 29.6 Å². The zero-order valence-electron chi connectivity index (χ0n) is 10.3. The predicted octanol–water partition coefficient (Wildman–Crippen LogP) is 3.51. The molecular formula is C14H13ClFNO2. The summed E-state index contributed by atoms with van der Waals surface area (Å²) in [5.41, 5.74) is 1.28. The van der Waals surface area contributed by atoms with Crippen LogP contribution in [0.2, 0.25) is 5.02 Å². The van der Waals surface area contributed by atoms with E-state index in [-0.39, 0.29) is 6.61 Å². The number of aliphatic hydroxyl groups excluding tert-OH is 1.